The van der Waals surface area contributed by atoms with E-state index in [0.717, 1.165) is 99.1 Å². The quantitative estimate of drug-likeness (QED) is 0.0807. The third-order valence-electron chi connectivity index (χ3n) is 11.2. The van der Waals surface area contributed by atoms with Gasteiger partial charge in [-0.05, 0) is 93.0 Å². The van der Waals surface area contributed by atoms with Crippen molar-refractivity contribution in [3.63, 3.8) is 0 Å². The Morgan fingerprint density at radius 3 is 0.556 bits per heavy atom. The highest BCUT2D eigenvalue weighted by atomic mass is 28.3. The molecule has 8 aromatic carbocycles. The summed E-state index contributed by atoms with van der Waals surface area (Å²) < 4.78 is 0. The minimum Gasteiger partial charge on any atom is -0.127 e. The van der Waals surface area contributed by atoms with Crippen LogP contribution in [0.1, 0.15) is 66.8 Å². The van der Waals surface area contributed by atoms with Gasteiger partial charge in [-0.15, -0.1) is 22.2 Å². The van der Waals surface area contributed by atoms with Crippen LogP contribution in [0.4, 0.5) is 0 Å². The van der Waals surface area contributed by atoms with Crippen molar-refractivity contribution in [2.75, 3.05) is 0 Å². The van der Waals surface area contributed by atoms with Gasteiger partial charge in [0.15, 0.2) is 0 Å². The molecule has 0 radical (unpaired) electrons. The second kappa shape index (κ2) is 20.9. The number of hydrogen-bond donors (Lipinski definition) is 0. The van der Waals surface area contributed by atoms with Gasteiger partial charge in [0.1, 0.15) is 32.3 Å². The lowest BCUT2D eigenvalue weighted by atomic mass is 9.86. The van der Waals surface area contributed by atoms with Gasteiger partial charge in [0.05, 0.1) is 0 Å². The third kappa shape index (κ3) is 12.9. The zero-order valence-corrected chi connectivity index (χ0v) is 47.7. The first kappa shape index (κ1) is 50.5. The fourth-order valence-electron chi connectivity index (χ4n) is 7.77. The third-order valence-corrected chi connectivity index (χ3v) is 14.7. The van der Waals surface area contributed by atoms with E-state index in [4.69, 9.17) is 0 Å². The van der Waals surface area contributed by atoms with Gasteiger partial charge in [-0.1, -0.05) is 222 Å². The fourth-order valence-corrected chi connectivity index (χ4v) is 9.81. The molecular weight excluding hydrogens is 929 g/mol. The molecule has 0 saturated carbocycles. The van der Waals surface area contributed by atoms with Gasteiger partial charge in [0.25, 0.3) is 0 Å². The molecule has 8 rings (SSSR count). The first-order chi connectivity index (χ1) is 34.2. The summed E-state index contributed by atoms with van der Waals surface area (Å²) in [6.45, 7) is 27.2. The van der Waals surface area contributed by atoms with Gasteiger partial charge >= 0.3 is 0 Å². The maximum Gasteiger partial charge on any atom is 0.129 e. The molecule has 0 nitrogen and oxygen atoms in total. The Labute approximate surface area is 433 Å². The molecule has 0 aliphatic carbocycles. The molecule has 8 aromatic rings. The maximum atomic E-state index is 3.65. The van der Waals surface area contributed by atoms with Crippen molar-refractivity contribution >= 4 is 64.6 Å². The summed E-state index contributed by atoms with van der Waals surface area (Å²) in [6.07, 6.45) is 0. The molecule has 0 N–H and O–H groups in total. The highest BCUT2D eigenvalue weighted by Crippen LogP contribution is 2.40. The SMILES string of the molecule is C[Si](C)(C)C#Cc1ccccc1C#Cc1cc(C#Cc2ccccc2C#C[Si](C)(C)C)c2ccc3c(C#Cc4ccccc4C#C[Si](C)(C)C)cc(C#Cc4ccccc4C#C[Si](C)(C)C)c4ccc1c2c43. The highest BCUT2D eigenvalue weighted by Gasteiger charge is 2.18. The van der Waals surface area contributed by atoms with Crippen molar-refractivity contribution in [2.24, 2.45) is 0 Å². The van der Waals surface area contributed by atoms with Crippen LogP contribution >= 0.6 is 0 Å². The molecule has 0 amide bonds. The van der Waals surface area contributed by atoms with Crippen molar-refractivity contribution in [1.82, 2.24) is 0 Å². The molecule has 0 bridgehead atoms. The Morgan fingerprint density at radius 2 is 0.375 bits per heavy atom. The summed E-state index contributed by atoms with van der Waals surface area (Å²) in [5, 5.41) is 6.31. The van der Waals surface area contributed by atoms with E-state index in [-0.39, 0.29) is 0 Å². The molecule has 72 heavy (non-hydrogen) atoms. The number of benzene rings is 8. The van der Waals surface area contributed by atoms with Crippen LogP contribution in [0.25, 0.3) is 32.3 Å². The summed E-state index contributed by atoms with van der Waals surface area (Å²) >= 11 is 0. The van der Waals surface area contributed by atoms with Crippen LogP contribution in [0.15, 0.2) is 133 Å². The van der Waals surface area contributed by atoms with Gasteiger partial charge in [-0.3, -0.25) is 0 Å². The molecule has 0 heterocycles. The molecule has 346 valence electrons. The van der Waals surface area contributed by atoms with E-state index in [1.54, 1.807) is 0 Å². The molecule has 0 fully saturated rings. The Balaban J connectivity index is 1.44. The van der Waals surface area contributed by atoms with E-state index in [0.29, 0.717) is 0 Å². The zero-order valence-electron chi connectivity index (χ0n) is 43.7. The molecule has 0 aromatic heterocycles. The van der Waals surface area contributed by atoms with Crippen LogP contribution in [0, 0.1) is 93.2 Å². The standard InChI is InChI=1S/C68H58Si4/c1-69(2,3)45-41-55-25-17-13-21-51(55)29-33-59-49-60(34-30-52-22-14-18-26-56(52)42-46-70(4,5)6)64-39-40-66-62(36-32-54-24-16-20-28-58(54)44-48-72(10,11)12)50-61(65-38-37-63(59)67(64)68(65)66)35-31-53-23-15-19-27-57(53)43-47-71(7,8)9/h13-28,37-40,49-50H,1-12H3. The average Bonchev–Trinajstić information content (AvgIpc) is 3.33. The minimum absolute atomic E-state index is 0.884. The van der Waals surface area contributed by atoms with Crippen LogP contribution in [-0.4, -0.2) is 32.3 Å². The molecule has 0 aliphatic heterocycles. The van der Waals surface area contributed by atoms with Gasteiger partial charge in [-0.2, -0.15) is 0 Å². The van der Waals surface area contributed by atoms with Crippen LogP contribution in [0.5, 0.6) is 0 Å². The van der Waals surface area contributed by atoms with Crippen molar-refractivity contribution in [1.29, 1.82) is 0 Å². The van der Waals surface area contributed by atoms with E-state index >= 15 is 0 Å². The van der Waals surface area contributed by atoms with Crippen LogP contribution in [-0.2, 0) is 0 Å². The lowest BCUT2D eigenvalue weighted by Gasteiger charge is -2.16. The first-order valence-electron chi connectivity index (χ1n) is 24.5. The van der Waals surface area contributed by atoms with Gasteiger partial charge in [0.2, 0.25) is 0 Å². The van der Waals surface area contributed by atoms with E-state index in [9.17, 15) is 0 Å². The predicted octanol–water partition coefficient (Wildman–Crippen LogP) is 15.1. The van der Waals surface area contributed by atoms with E-state index in [1.165, 1.54) is 0 Å². The predicted molar refractivity (Wildman–Crippen MR) is 321 cm³/mol. The van der Waals surface area contributed by atoms with Crippen molar-refractivity contribution in [3.05, 3.63) is 200 Å². The smallest absolute Gasteiger partial charge is 0.127 e. The molecule has 0 aliphatic rings. The highest BCUT2D eigenvalue weighted by molar-refractivity contribution is 6.85. The second-order valence-electron chi connectivity index (χ2n) is 22.2. The number of hydrogen-bond acceptors (Lipinski definition) is 0. The van der Waals surface area contributed by atoms with Crippen molar-refractivity contribution in [2.45, 2.75) is 78.6 Å². The Kier molecular flexibility index (Phi) is 14.6. The van der Waals surface area contributed by atoms with Crippen LogP contribution < -0.4 is 0 Å². The molecule has 0 unspecified atom stereocenters. The summed E-state index contributed by atoms with van der Waals surface area (Å²) in [5.41, 5.74) is 25.1. The van der Waals surface area contributed by atoms with Crippen molar-refractivity contribution in [3.8, 4) is 93.2 Å². The topological polar surface area (TPSA) is 0 Å². The number of rotatable bonds is 0. The van der Waals surface area contributed by atoms with Gasteiger partial charge < -0.3 is 0 Å². The first-order valence-corrected chi connectivity index (χ1v) is 38.5. The van der Waals surface area contributed by atoms with E-state index in [1.807, 2.05) is 48.5 Å². The lowest BCUT2D eigenvalue weighted by Crippen LogP contribution is -2.16. The van der Waals surface area contributed by atoms with Crippen LogP contribution in [0.3, 0.4) is 0 Å². The fraction of sp³-hybridized carbons (Fsp3) is 0.176. The van der Waals surface area contributed by atoms with Crippen molar-refractivity contribution < 1.29 is 0 Å². The summed E-state index contributed by atoms with van der Waals surface area (Å²) in [7, 11) is -6.54. The molecule has 0 spiro atoms. The summed E-state index contributed by atoms with van der Waals surface area (Å²) in [4.78, 5) is 0. The maximum absolute atomic E-state index is 3.65. The Bertz CT molecular complexity index is 3480. The second-order valence-corrected chi connectivity index (χ2v) is 41.2. The summed E-state index contributed by atoms with van der Waals surface area (Å²) in [6, 6.07) is 46.0. The molecule has 0 atom stereocenters. The monoisotopic (exact) mass is 986 g/mol. The van der Waals surface area contributed by atoms with Crippen LogP contribution in [0.2, 0.25) is 78.6 Å². The minimum atomic E-state index is -1.63. The molecule has 4 heteroatoms. The Morgan fingerprint density at radius 1 is 0.208 bits per heavy atom. The molecule has 0 saturated heterocycles. The summed E-state index contributed by atoms with van der Waals surface area (Å²) in [5.74, 6) is 42.8. The van der Waals surface area contributed by atoms with Gasteiger partial charge in [-0.25, -0.2) is 0 Å². The zero-order chi connectivity index (χ0) is 51.3. The average molecular weight is 988 g/mol. The van der Waals surface area contributed by atoms with E-state index < -0.39 is 32.3 Å². The van der Waals surface area contributed by atoms with E-state index in [2.05, 4.69) is 257 Å². The Hall–Kier alpha value is -7.85. The lowest BCUT2D eigenvalue weighted by molar-refractivity contribution is 1.58. The van der Waals surface area contributed by atoms with Gasteiger partial charge in [0, 0.05) is 66.8 Å². The normalized spacial score (nSPS) is 11.0. The molecular formula is C68H58Si4. The largest absolute Gasteiger partial charge is 0.129 e.